The Bertz CT molecular complexity index is 755. The van der Waals surface area contributed by atoms with Crippen molar-refractivity contribution in [3.05, 3.63) is 28.5 Å². The summed E-state index contributed by atoms with van der Waals surface area (Å²) < 4.78 is 11.8. The van der Waals surface area contributed by atoms with E-state index >= 15 is 0 Å². The lowest BCUT2D eigenvalue weighted by atomic mass is 10.1. The van der Waals surface area contributed by atoms with Crippen LogP contribution in [-0.2, 0) is 15.0 Å². The number of ether oxygens (including phenoxy) is 2. The van der Waals surface area contributed by atoms with Gasteiger partial charge in [-0.1, -0.05) is 0 Å². The normalized spacial score (nSPS) is 26.5. The zero-order chi connectivity index (χ0) is 20.9. The number of carbonyl (C=O) groups is 2. The summed E-state index contributed by atoms with van der Waals surface area (Å²) in [6, 6.07) is 3.80. The van der Waals surface area contributed by atoms with Crippen molar-refractivity contribution in [2.45, 2.75) is 58.3 Å². The van der Waals surface area contributed by atoms with Gasteiger partial charge in [0.25, 0.3) is 0 Å². The summed E-state index contributed by atoms with van der Waals surface area (Å²) in [6.07, 6.45) is 0.915. The van der Waals surface area contributed by atoms with Crippen LogP contribution in [0.1, 0.15) is 47.2 Å². The molecule has 0 unspecified atom stereocenters. The van der Waals surface area contributed by atoms with Crippen molar-refractivity contribution in [2.24, 2.45) is 11.8 Å². The first-order valence-corrected chi connectivity index (χ1v) is 10.2. The van der Waals surface area contributed by atoms with Crippen molar-refractivity contribution in [3.8, 4) is 0 Å². The number of likely N-dealkylation sites (tertiary alicyclic amines) is 1. The molecule has 2 fully saturated rings. The van der Waals surface area contributed by atoms with Crippen LogP contribution in [-0.4, -0.2) is 46.4 Å². The molecule has 2 amide bonds. The van der Waals surface area contributed by atoms with Crippen LogP contribution in [0.3, 0.4) is 0 Å². The number of halogens is 1. The predicted octanol–water partition coefficient (Wildman–Crippen LogP) is 4.06. The second-order valence-electron chi connectivity index (χ2n) is 9.46. The van der Waals surface area contributed by atoms with Gasteiger partial charge in [-0.3, -0.25) is 4.98 Å². The molecule has 0 aromatic carbocycles. The number of hydrogen-bond acceptors (Lipinski definition) is 5. The monoisotopic (exact) mass is 453 g/mol. The van der Waals surface area contributed by atoms with Crippen molar-refractivity contribution in [2.75, 3.05) is 13.1 Å². The minimum atomic E-state index is -0.623. The zero-order valence-electron chi connectivity index (χ0n) is 17.2. The Morgan fingerprint density at radius 1 is 1.11 bits per heavy atom. The second kappa shape index (κ2) is 6.90. The molecule has 1 aromatic heterocycles. The van der Waals surface area contributed by atoms with Crippen LogP contribution >= 0.6 is 15.9 Å². The van der Waals surface area contributed by atoms with Crippen LogP contribution in [0.4, 0.5) is 9.59 Å². The van der Waals surface area contributed by atoms with Gasteiger partial charge in [0.05, 0.1) is 11.2 Å². The van der Waals surface area contributed by atoms with Gasteiger partial charge in [-0.25, -0.2) is 9.59 Å². The van der Waals surface area contributed by atoms with Crippen LogP contribution < -0.4 is 5.32 Å². The van der Waals surface area contributed by atoms with Crippen molar-refractivity contribution < 1.29 is 19.1 Å². The molecule has 1 saturated carbocycles. The number of fused-ring (bicyclic) bond motifs is 1. The topological polar surface area (TPSA) is 80.8 Å². The van der Waals surface area contributed by atoms with Gasteiger partial charge in [-0.05, 0) is 69.6 Å². The summed E-state index contributed by atoms with van der Waals surface area (Å²) in [5.41, 5.74) is -0.976. The Labute approximate surface area is 174 Å². The number of alkyl carbamates (subject to hydrolysis) is 1. The average molecular weight is 454 g/mol. The van der Waals surface area contributed by atoms with Gasteiger partial charge in [-0.2, -0.15) is 0 Å². The smallest absolute Gasteiger partial charge is 0.410 e. The Kier molecular flexibility index (Phi) is 5.15. The standard InChI is InChI=1S/C20H28BrN3O4/c1-18(2,3)27-16(25)23-20(15-8-7-12(21)9-22-15)13-10-24(11-14(13)20)17(26)28-19(4,5)6/h7-9,13-14H,10-11H2,1-6H3,(H,23,25)/t13-,14+,20+. The third-order valence-electron chi connectivity index (χ3n) is 4.89. The number of carbonyl (C=O) groups excluding carboxylic acids is 2. The largest absolute Gasteiger partial charge is 0.444 e. The summed E-state index contributed by atoms with van der Waals surface area (Å²) in [7, 11) is 0. The van der Waals surface area contributed by atoms with Crippen molar-refractivity contribution in [1.29, 1.82) is 0 Å². The molecule has 0 radical (unpaired) electrons. The van der Waals surface area contributed by atoms with Crippen molar-refractivity contribution in [1.82, 2.24) is 15.2 Å². The maximum absolute atomic E-state index is 12.5. The predicted molar refractivity (Wildman–Crippen MR) is 108 cm³/mol. The highest BCUT2D eigenvalue weighted by molar-refractivity contribution is 9.10. The average Bonchev–Trinajstić information content (AvgIpc) is 2.89. The quantitative estimate of drug-likeness (QED) is 0.729. The highest BCUT2D eigenvalue weighted by atomic mass is 79.9. The number of nitrogens with one attached hydrogen (secondary N) is 1. The van der Waals surface area contributed by atoms with E-state index in [4.69, 9.17) is 9.47 Å². The van der Waals surface area contributed by atoms with Gasteiger partial charge in [0.15, 0.2) is 0 Å². The fourth-order valence-electron chi connectivity index (χ4n) is 3.83. The van der Waals surface area contributed by atoms with Gasteiger partial charge >= 0.3 is 12.2 Å². The molecule has 8 heteroatoms. The Hall–Kier alpha value is -1.83. The molecule has 2 aliphatic rings. The van der Waals surface area contributed by atoms with E-state index in [1.165, 1.54) is 0 Å². The number of nitrogens with zero attached hydrogens (tertiary/aromatic N) is 2. The molecule has 3 atom stereocenters. The first-order valence-electron chi connectivity index (χ1n) is 9.43. The van der Waals surface area contributed by atoms with Crippen molar-refractivity contribution in [3.63, 3.8) is 0 Å². The lowest BCUT2D eigenvalue weighted by Gasteiger charge is -2.30. The third-order valence-corrected chi connectivity index (χ3v) is 5.36. The molecule has 1 aromatic rings. The molecule has 0 bridgehead atoms. The van der Waals surface area contributed by atoms with Gasteiger partial charge in [-0.15, -0.1) is 0 Å². The van der Waals surface area contributed by atoms with E-state index in [2.05, 4.69) is 26.2 Å². The van der Waals surface area contributed by atoms with Gasteiger partial charge in [0.2, 0.25) is 0 Å². The van der Waals surface area contributed by atoms with E-state index in [0.717, 1.165) is 10.2 Å². The van der Waals surface area contributed by atoms with Gasteiger partial charge in [0, 0.05) is 35.6 Å². The summed E-state index contributed by atoms with van der Waals surface area (Å²) in [6.45, 7) is 12.0. The Morgan fingerprint density at radius 3 is 2.14 bits per heavy atom. The molecule has 0 spiro atoms. The number of piperidine rings is 1. The van der Waals surface area contributed by atoms with Crippen LogP contribution in [0, 0.1) is 11.8 Å². The number of aromatic nitrogens is 1. The first kappa shape index (κ1) is 20.9. The molecular weight excluding hydrogens is 426 g/mol. The van der Waals surface area contributed by atoms with E-state index in [1.807, 2.05) is 53.7 Å². The molecule has 154 valence electrons. The SMILES string of the molecule is CC(C)(C)OC(=O)N[C@@]1(c2ccc(Br)cn2)[C@@H]2CN(C(=O)OC(C)(C)C)C[C@@H]21. The second-order valence-corrected chi connectivity index (χ2v) is 10.4. The molecule has 1 aliphatic heterocycles. The summed E-state index contributed by atoms with van der Waals surface area (Å²) >= 11 is 3.40. The lowest BCUT2D eigenvalue weighted by molar-refractivity contribution is 0.0249. The van der Waals surface area contributed by atoms with E-state index in [1.54, 1.807) is 11.1 Å². The fraction of sp³-hybridized carbons (Fsp3) is 0.650. The Morgan fingerprint density at radius 2 is 1.68 bits per heavy atom. The van der Waals surface area contributed by atoms with E-state index in [9.17, 15) is 9.59 Å². The maximum Gasteiger partial charge on any atom is 0.410 e. The molecule has 1 saturated heterocycles. The lowest BCUT2D eigenvalue weighted by Crippen LogP contribution is -2.47. The number of amides is 2. The molecule has 1 aliphatic carbocycles. The van der Waals surface area contributed by atoms with E-state index in [-0.39, 0.29) is 17.9 Å². The van der Waals surface area contributed by atoms with Crippen LogP contribution in [0.15, 0.2) is 22.8 Å². The first-order chi connectivity index (χ1) is 12.8. The molecule has 3 rings (SSSR count). The summed E-state index contributed by atoms with van der Waals surface area (Å²) in [5, 5.41) is 3.05. The molecule has 2 heterocycles. The molecule has 1 N–H and O–H groups in total. The molecule has 7 nitrogen and oxygen atoms in total. The zero-order valence-corrected chi connectivity index (χ0v) is 18.8. The van der Waals surface area contributed by atoms with Crippen molar-refractivity contribution >= 4 is 28.1 Å². The third kappa shape index (κ3) is 4.26. The van der Waals surface area contributed by atoms with E-state index in [0.29, 0.717) is 13.1 Å². The fourth-order valence-corrected chi connectivity index (χ4v) is 4.06. The minimum Gasteiger partial charge on any atom is -0.444 e. The van der Waals surface area contributed by atoms with Gasteiger partial charge < -0.3 is 19.7 Å². The minimum absolute atomic E-state index is 0.0706. The van der Waals surface area contributed by atoms with Crippen LogP contribution in [0.2, 0.25) is 0 Å². The highest BCUT2D eigenvalue weighted by Crippen LogP contribution is 2.61. The van der Waals surface area contributed by atoms with Crippen LogP contribution in [0.5, 0.6) is 0 Å². The number of rotatable bonds is 2. The van der Waals surface area contributed by atoms with Gasteiger partial charge in [0.1, 0.15) is 11.2 Å². The maximum atomic E-state index is 12.5. The number of pyridine rings is 1. The summed E-state index contributed by atoms with van der Waals surface area (Å²) in [5.74, 6) is 0.141. The molecular formula is C20H28BrN3O4. The molecule has 28 heavy (non-hydrogen) atoms. The highest BCUT2D eigenvalue weighted by Gasteiger charge is 2.72. The summed E-state index contributed by atoms with van der Waals surface area (Å²) in [4.78, 5) is 31.1. The van der Waals surface area contributed by atoms with E-state index < -0.39 is 22.8 Å². The Balaban J connectivity index is 1.78. The number of hydrogen-bond donors (Lipinski definition) is 1. The van der Waals surface area contributed by atoms with Crippen LogP contribution in [0.25, 0.3) is 0 Å².